The van der Waals surface area contributed by atoms with Crippen molar-refractivity contribution in [3.8, 4) is 0 Å². The first-order valence-electron chi connectivity index (χ1n) is 5.72. The third-order valence-electron chi connectivity index (χ3n) is 2.43. The van der Waals surface area contributed by atoms with Gasteiger partial charge in [-0.05, 0) is 18.2 Å². The minimum absolute atomic E-state index is 0.215. The number of amides is 1. The number of nitrogens with one attached hydrogen (secondary N) is 1. The second kappa shape index (κ2) is 5.72. The van der Waals surface area contributed by atoms with E-state index < -0.39 is 17.8 Å². The first-order chi connectivity index (χ1) is 9.45. The average Bonchev–Trinajstić information content (AvgIpc) is 2.86. The number of carbonyl (C=O) groups excluding carboxylic acids is 1. The molecule has 0 saturated carbocycles. The average molecular weight is 284 g/mol. The Morgan fingerprint density at radius 3 is 2.70 bits per heavy atom. The lowest BCUT2D eigenvalue weighted by atomic mass is 10.3. The Bertz CT molecular complexity index is 580. The van der Waals surface area contributed by atoms with Crippen LogP contribution >= 0.6 is 0 Å². The van der Waals surface area contributed by atoms with Crippen LogP contribution in [0.4, 0.5) is 13.2 Å². The fourth-order valence-corrected chi connectivity index (χ4v) is 1.50. The van der Waals surface area contributed by atoms with Gasteiger partial charge in [0.05, 0.1) is 12.2 Å². The van der Waals surface area contributed by atoms with E-state index in [1.807, 2.05) is 0 Å². The molecule has 106 valence electrons. The molecule has 0 aliphatic carbocycles. The predicted molar refractivity (Wildman–Crippen MR) is 63.3 cm³/mol. The molecule has 2 aromatic rings. The van der Waals surface area contributed by atoms with Crippen molar-refractivity contribution in [3.63, 3.8) is 0 Å². The molecule has 0 saturated heterocycles. The van der Waals surface area contributed by atoms with Crippen LogP contribution in [0.3, 0.4) is 0 Å². The molecule has 8 heteroatoms. The monoisotopic (exact) mass is 284 g/mol. The van der Waals surface area contributed by atoms with Gasteiger partial charge in [-0.2, -0.15) is 18.3 Å². The minimum Gasteiger partial charge on any atom is -0.349 e. The summed E-state index contributed by atoms with van der Waals surface area (Å²) in [6.07, 6.45) is -1.80. The number of hydrogen-bond donors (Lipinski definition) is 1. The summed E-state index contributed by atoms with van der Waals surface area (Å²) in [5.74, 6) is -0.438. The smallest absolute Gasteiger partial charge is 0.349 e. The van der Waals surface area contributed by atoms with Gasteiger partial charge in [0.15, 0.2) is 5.69 Å². The Kier molecular flexibility index (Phi) is 4.02. The molecule has 0 atom stereocenters. The van der Waals surface area contributed by atoms with E-state index in [0.717, 1.165) is 16.9 Å². The van der Waals surface area contributed by atoms with E-state index >= 15 is 0 Å². The highest BCUT2D eigenvalue weighted by atomic mass is 19.4. The third-order valence-corrected chi connectivity index (χ3v) is 2.43. The number of halogens is 3. The minimum atomic E-state index is -4.50. The molecule has 20 heavy (non-hydrogen) atoms. The topological polar surface area (TPSA) is 59.8 Å². The van der Waals surface area contributed by atoms with E-state index in [1.165, 1.54) is 0 Å². The maximum atomic E-state index is 12.3. The van der Waals surface area contributed by atoms with Gasteiger partial charge >= 0.3 is 6.18 Å². The van der Waals surface area contributed by atoms with E-state index in [1.54, 1.807) is 24.4 Å². The maximum Gasteiger partial charge on any atom is 0.435 e. The lowest BCUT2D eigenvalue weighted by molar-refractivity contribution is -0.141. The van der Waals surface area contributed by atoms with Gasteiger partial charge in [0.25, 0.3) is 0 Å². The van der Waals surface area contributed by atoms with Crippen molar-refractivity contribution in [1.29, 1.82) is 0 Å². The van der Waals surface area contributed by atoms with Crippen LogP contribution in [-0.4, -0.2) is 20.7 Å². The summed E-state index contributed by atoms with van der Waals surface area (Å²) in [6.45, 7) is -0.0595. The van der Waals surface area contributed by atoms with E-state index in [9.17, 15) is 18.0 Å². The quantitative estimate of drug-likeness (QED) is 0.928. The van der Waals surface area contributed by atoms with Gasteiger partial charge in [-0.1, -0.05) is 6.07 Å². The summed E-state index contributed by atoms with van der Waals surface area (Å²) in [4.78, 5) is 15.6. The summed E-state index contributed by atoms with van der Waals surface area (Å²) < 4.78 is 37.9. The standard InChI is InChI=1S/C12H11F3N4O/c13-12(14,15)10-4-6-19(18-10)8-11(20)17-7-9-3-1-2-5-16-9/h1-6H,7-8H2,(H,17,20). The molecule has 2 heterocycles. The van der Waals surface area contributed by atoms with Gasteiger partial charge in [0.1, 0.15) is 6.54 Å². The zero-order valence-electron chi connectivity index (χ0n) is 10.3. The van der Waals surface area contributed by atoms with Gasteiger partial charge < -0.3 is 5.32 Å². The maximum absolute atomic E-state index is 12.3. The van der Waals surface area contributed by atoms with E-state index in [0.29, 0.717) is 5.69 Å². The summed E-state index contributed by atoms with van der Waals surface area (Å²) in [6, 6.07) is 6.08. The van der Waals surface area contributed by atoms with Gasteiger partial charge in [-0.15, -0.1) is 0 Å². The largest absolute Gasteiger partial charge is 0.435 e. The molecule has 0 aliphatic rings. The van der Waals surface area contributed by atoms with Crippen LogP contribution in [0.25, 0.3) is 0 Å². The Balaban J connectivity index is 1.87. The highest BCUT2D eigenvalue weighted by Crippen LogP contribution is 2.27. The second-order valence-corrected chi connectivity index (χ2v) is 3.99. The lowest BCUT2D eigenvalue weighted by Crippen LogP contribution is -2.27. The molecule has 0 bridgehead atoms. The Morgan fingerprint density at radius 2 is 2.10 bits per heavy atom. The van der Waals surface area contributed by atoms with Gasteiger partial charge in [0, 0.05) is 12.4 Å². The fourth-order valence-electron chi connectivity index (χ4n) is 1.50. The van der Waals surface area contributed by atoms with Crippen LogP contribution in [0.1, 0.15) is 11.4 Å². The van der Waals surface area contributed by atoms with Crippen molar-refractivity contribution in [3.05, 3.63) is 48.0 Å². The molecule has 2 aromatic heterocycles. The number of hydrogen-bond acceptors (Lipinski definition) is 3. The number of nitrogens with zero attached hydrogens (tertiary/aromatic N) is 3. The molecule has 0 fully saturated rings. The molecular formula is C12H11F3N4O. The summed E-state index contributed by atoms with van der Waals surface area (Å²) in [5, 5.41) is 5.84. The summed E-state index contributed by atoms with van der Waals surface area (Å²) in [5.41, 5.74) is -0.354. The van der Waals surface area contributed by atoms with E-state index in [2.05, 4.69) is 15.4 Å². The van der Waals surface area contributed by atoms with Crippen LogP contribution < -0.4 is 5.32 Å². The molecular weight excluding hydrogens is 273 g/mol. The molecule has 2 rings (SSSR count). The normalized spacial score (nSPS) is 11.3. The van der Waals surface area contributed by atoms with Gasteiger partial charge in [-0.3, -0.25) is 14.5 Å². The van der Waals surface area contributed by atoms with Crippen LogP contribution in [-0.2, 0) is 24.1 Å². The van der Waals surface area contributed by atoms with Gasteiger partial charge in [-0.25, -0.2) is 0 Å². The zero-order chi connectivity index (χ0) is 14.6. The number of rotatable bonds is 4. The van der Waals surface area contributed by atoms with E-state index in [-0.39, 0.29) is 13.1 Å². The number of carbonyl (C=O) groups is 1. The SMILES string of the molecule is O=C(Cn1ccc(C(F)(F)F)n1)NCc1ccccn1. The van der Waals surface area contributed by atoms with Crippen molar-refractivity contribution in [1.82, 2.24) is 20.1 Å². The molecule has 5 nitrogen and oxygen atoms in total. The van der Waals surface area contributed by atoms with Crippen molar-refractivity contribution in [2.45, 2.75) is 19.3 Å². The fraction of sp³-hybridized carbons (Fsp3) is 0.250. The molecule has 1 N–H and O–H groups in total. The van der Waals surface area contributed by atoms with Crippen LogP contribution in [0, 0.1) is 0 Å². The van der Waals surface area contributed by atoms with E-state index in [4.69, 9.17) is 0 Å². The predicted octanol–water partition coefficient (Wildman–Crippen LogP) is 1.61. The molecule has 1 amide bonds. The molecule has 0 aromatic carbocycles. The molecule has 0 aliphatic heterocycles. The molecule has 0 spiro atoms. The third kappa shape index (κ3) is 3.81. The van der Waals surface area contributed by atoms with Crippen molar-refractivity contribution in [2.24, 2.45) is 0 Å². The lowest BCUT2D eigenvalue weighted by Gasteiger charge is -2.05. The van der Waals surface area contributed by atoms with Crippen molar-refractivity contribution >= 4 is 5.91 Å². The number of alkyl halides is 3. The summed E-state index contributed by atoms with van der Waals surface area (Å²) >= 11 is 0. The van der Waals surface area contributed by atoms with Gasteiger partial charge in [0.2, 0.25) is 5.91 Å². The number of aromatic nitrogens is 3. The van der Waals surface area contributed by atoms with Crippen LogP contribution in [0.5, 0.6) is 0 Å². The second-order valence-electron chi connectivity index (χ2n) is 3.99. The molecule has 0 radical (unpaired) electrons. The summed E-state index contributed by atoms with van der Waals surface area (Å²) in [7, 11) is 0. The van der Waals surface area contributed by atoms with Crippen LogP contribution in [0.2, 0.25) is 0 Å². The Hall–Kier alpha value is -2.38. The van der Waals surface area contributed by atoms with Crippen molar-refractivity contribution < 1.29 is 18.0 Å². The van der Waals surface area contributed by atoms with Crippen molar-refractivity contribution in [2.75, 3.05) is 0 Å². The highest BCUT2D eigenvalue weighted by molar-refractivity contribution is 5.75. The first kappa shape index (κ1) is 14.0. The highest BCUT2D eigenvalue weighted by Gasteiger charge is 2.33. The van der Waals surface area contributed by atoms with Crippen LogP contribution in [0.15, 0.2) is 36.7 Å². The Morgan fingerprint density at radius 1 is 1.30 bits per heavy atom. The first-order valence-corrected chi connectivity index (χ1v) is 5.72. The molecule has 0 unspecified atom stereocenters. The number of pyridine rings is 1. The zero-order valence-corrected chi connectivity index (χ0v) is 10.3. The Labute approximate surface area is 112 Å².